The van der Waals surface area contributed by atoms with Gasteiger partial charge in [0.15, 0.2) is 6.29 Å². The molecule has 5 unspecified atom stereocenters. The molecular weight excluding hydrogens is 574 g/mol. The number of carbonyl (C=O) groups excluding carboxylic acids is 2. The number of fused-ring (bicyclic) bond motifs is 3. The second-order valence-corrected chi connectivity index (χ2v) is 14.0. The molecule has 4 aliphatic rings. The Bertz CT molecular complexity index is 1450. The Morgan fingerprint density at radius 3 is 2.74 bits per heavy atom. The van der Waals surface area contributed by atoms with Gasteiger partial charge in [0.25, 0.3) is 5.91 Å². The molecule has 0 radical (unpaired) electrons. The number of hydrogen-bond donors (Lipinski definition) is 2. The quantitative estimate of drug-likeness (QED) is 0.395. The lowest BCUT2D eigenvalue weighted by Crippen LogP contribution is -2.52. The van der Waals surface area contributed by atoms with Gasteiger partial charge in [-0.05, 0) is 55.0 Å². The van der Waals surface area contributed by atoms with E-state index in [-0.39, 0.29) is 48.6 Å². The number of nitrogens with one attached hydrogen (secondary N) is 1. The molecule has 7 atom stereocenters. The number of benzene rings is 2. The van der Waals surface area contributed by atoms with Crippen molar-refractivity contribution in [2.45, 2.75) is 74.7 Å². The van der Waals surface area contributed by atoms with E-state index in [9.17, 15) is 23.1 Å². The second-order valence-electron chi connectivity index (χ2n) is 12.1. The normalized spacial score (nSPS) is 27.3. The van der Waals surface area contributed by atoms with Crippen LogP contribution >= 0.6 is 0 Å². The maximum atomic E-state index is 13.8. The minimum absolute atomic E-state index is 0.0540. The molecule has 6 rings (SSSR count). The lowest BCUT2D eigenvalue weighted by Gasteiger charge is -2.37. The summed E-state index contributed by atoms with van der Waals surface area (Å²) in [5.41, 5.74) is 2.01. The SMILES string of the molecule is CCCN(C[C@@H](O)[C@H](Cc1ccccc1)NC(=O)OC1C2COC3OC1CC3C2)S(=O)(=O)c1ccc2c(c1)CN(C)C2=O. The van der Waals surface area contributed by atoms with Crippen LogP contribution in [0.4, 0.5) is 4.79 Å². The van der Waals surface area contributed by atoms with E-state index in [0.717, 1.165) is 18.4 Å². The number of rotatable bonds is 11. The third-order valence-corrected chi connectivity index (χ3v) is 10.9. The van der Waals surface area contributed by atoms with Crippen molar-refractivity contribution in [1.29, 1.82) is 0 Å². The number of alkyl carbamates (subject to hydrolysis) is 1. The summed E-state index contributed by atoms with van der Waals surface area (Å²) in [6.07, 6.45) is -0.360. The van der Waals surface area contributed by atoms with Crippen LogP contribution in [0.25, 0.3) is 0 Å². The molecule has 12 heteroatoms. The monoisotopic (exact) mass is 613 g/mol. The average molecular weight is 614 g/mol. The van der Waals surface area contributed by atoms with E-state index >= 15 is 0 Å². The number of ether oxygens (including phenoxy) is 3. The van der Waals surface area contributed by atoms with Crippen molar-refractivity contribution in [2.24, 2.45) is 11.8 Å². The van der Waals surface area contributed by atoms with Gasteiger partial charge < -0.3 is 29.5 Å². The van der Waals surface area contributed by atoms with Crippen molar-refractivity contribution in [1.82, 2.24) is 14.5 Å². The number of carbonyl (C=O) groups is 2. The molecule has 3 heterocycles. The van der Waals surface area contributed by atoms with Crippen molar-refractivity contribution in [3.63, 3.8) is 0 Å². The lowest BCUT2D eigenvalue weighted by atomic mass is 9.78. The van der Waals surface area contributed by atoms with Crippen molar-refractivity contribution in [3.05, 3.63) is 65.2 Å². The summed E-state index contributed by atoms with van der Waals surface area (Å²) in [4.78, 5) is 27.2. The third-order valence-electron chi connectivity index (χ3n) is 9.01. The summed E-state index contributed by atoms with van der Waals surface area (Å²) in [6, 6.07) is 13.1. The van der Waals surface area contributed by atoms with Gasteiger partial charge in [0, 0.05) is 44.1 Å². The molecule has 43 heavy (non-hydrogen) atoms. The number of aliphatic hydroxyl groups excluding tert-OH is 1. The van der Waals surface area contributed by atoms with Crippen LogP contribution in [-0.4, -0.2) is 92.1 Å². The number of aliphatic hydroxyl groups is 1. The van der Waals surface area contributed by atoms with Crippen molar-refractivity contribution >= 4 is 22.0 Å². The van der Waals surface area contributed by atoms with Crippen LogP contribution < -0.4 is 5.32 Å². The van der Waals surface area contributed by atoms with Gasteiger partial charge in [-0.1, -0.05) is 37.3 Å². The largest absolute Gasteiger partial charge is 0.443 e. The fourth-order valence-corrected chi connectivity index (χ4v) is 8.43. The minimum Gasteiger partial charge on any atom is -0.443 e. The fraction of sp³-hybridized carbons (Fsp3) is 0.548. The Morgan fingerprint density at radius 1 is 1.19 bits per heavy atom. The first-order chi connectivity index (χ1) is 20.6. The van der Waals surface area contributed by atoms with E-state index in [2.05, 4.69) is 5.32 Å². The molecule has 232 valence electrons. The predicted octanol–water partition coefficient (Wildman–Crippen LogP) is 2.52. The zero-order valence-corrected chi connectivity index (χ0v) is 25.2. The van der Waals surface area contributed by atoms with E-state index in [1.807, 2.05) is 37.3 Å². The molecule has 11 nitrogen and oxygen atoms in total. The van der Waals surface area contributed by atoms with Crippen molar-refractivity contribution in [3.8, 4) is 0 Å². The number of hydrogen-bond acceptors (Lipinski definition) is 8. The Kier molecular flexibility index (Phi) is 8.49. The van der Waals surface area contributed by atoms with Crippen LogP contribution in [0.2, 0.25) is 0 Å². The molecule has 1 aliphatic carbocycles. The molecule has 2 aromatic rings. The van der Waals surface area contributed by atoms with Gasteiger partial charge in [0.05, 0.1) is 29.8 Å². The van der Waals surface area contributed by atoms with Crippen molar-refractivity contribution < 1.29 is 37.3 Å². The Labute approximate surface area is 252 Å². The standard InChI is InChI=1S/C31H39N3O8S/c1-3-11-34(43(38,39)23-9-10-24-21(14-23)16-33(2)29(24)36)17-26(35)25(12-19-7-5-4-6-8-19)32-31(37)42-28-22-13-20-15-27(28)41-30(20)40-18-22/h4-10,14,20,22,25-28,30,35H,3,11-13,15-18H2,1-2H3,(H,32,37)/t20?,22?,25-,26+,27?,28?,30?/m0/s1. The van der Waals surface area contributed by atoms with Crippen LogP contribution in [0.1, 0.15) is 47.7 Å². The van der Waals surface area contributed by atoms with E-state index in [1.54, 1.807) is 13.1 Å². The highest BCUT2D eigenvalue weighted by molar-refractivity contribution is 7.89. The van der Waals surface area contributed by atoms with Crippen molar-refractivity contribution in [2.75, 3.05) is 26.7 Å². The lowest BCUT2D eigenvalue weighted by molar-refractivity contribution is -0.153. The van der Waals surface area contributed by atoms with Gasteiger partial charge in [-0.3, -0.25) is 4.79 Å². The predicted molar refractivity (Wildman–Crippen MR) is 155 cm³/mol. The highest BCUT2D eigenvalue weighted by Crippen LogP contribution is 2.46. The van der Waals surface area contributed by atoms with E-state index in [4.69, 9.17) is 14.2 Å². The first-order valence-electron chi connectivity index (χ1n) is 15.0. The topological polar surface area (TPSA) is 135 Å². The van der Waals surface area contributed by atoms with Crippen LogP contribution in [0.15, 0.2) is 53.4 Å². The first kappa shape index (κ1) is 30.0. The van der Waals surface area contributed by atoms with Gasteiger partial charge in [0.2, 0.25) is 10.0 Å². The molecule has 2 amide bonds. The van der Waals surface area contributed by atoms with Crippen LogP contribution in [0.5, 0.6) is 0 Å². The molecule has 0 spiro atoms. The molecule has 2 N–H and O–H groups in total. The summed E-state index contributed by atoms with van der Waals surface area (Å²) in [5.74, 6) is 0.241. The second kappa shape index (κ2) is 12.2. The highest BCUT2D eigenvalue weighted by atomic mass is 32.2. The molecule has 2 saturated heterocycles. The van der Waals surface area contributed by atoms with Gasteiger partial charge in [0.1, 0.15) is 6.10 Å². The zero-order chi connectivity index (χ0) is 30.3. The summed E-state index contributed by atoms with van der Waals surface area (Å²) < 4.78 is 46.5. The maximum Gasteiger partial charge on any atom is 0.407 e. The van der Waals surface area contributed by atoms with Gasteiger partial charge in [-0.25, -0.2) is 13.2 Å². The Hall–Kier alpha value is -3.03. The summed E-state index contributed by atoms with van der Waals surface area (Å²) >= 11 is 0. The zero-order valence-electron chi connectivity index (χ0n) is 24.4. The number of sulfonamides is 1. The number of nitrogens with zero attached hydrogens (tertiary/aromatic N) is 2. The van der Waals surface area contributed by atoms with Gasteiger partial charge >= 0.3 is 6.09 Å². The third kappa shape index (κ3) is 6.03. The summed E-state index contributed by atoms with van der Waals surface area (Å²) in [6.45, 7) is 2.60. The first-order valence-corrected chi connectivity index (χ1v) is 16.4. The smallest absolute Gasteiger partial charge is 0.407 e. The molecular formula is C31H39N3O8S. The molecule has 1 saturated carbocycles. The van der Waals surface area contributed by atoms with E-state index < -0.39 is 34.4 Å². The molecule has 0 aromatic heterocycles. The minimum atomic E-state index is -4.02. The van der Waals surface area contributed by atoms with E-state index in [0.29, 0.717) is 36.6 Å². The molecule has 3 aliphatic heterocycles. The highest BCUT2D eigenvalue weighted by Gasteiger charge is 2.53. The average Bonchev–Trinajstić information content (AvgIpc) is 3.45. The van der Waals surface area contributed by atoms with E-state index in [1.165, 1.54) is 21.3 Å². The fourth-order valence-electron chi connectivity index (χ4n) is 6.83. The summed E-state index contributed by atoms with van der Waals surface area (Å²) in [7, 11) is -2.34. The maximum absolute atomic E-state index is 13.8. The molecule has 2 aromatic carbocycles. The summed E-state index contributed by atoms with van der Waals surface area (Å²) in [5, 5.41) is 14.3. The number of amides is 2. The van der Waals surface area contributed by atoms with Gasteiger partial charge in [-0.15, -0.1) is 0 Å². The van der Waals surface area contributed by atoms with Crippen LogP contribution in [-0.2, 0) is 37.2 Å². The molecule has 3 fully saturated rings. The molecule has 3 bridgehead atoms. The Balaban J connectivity index is 1.19. The van der Waals surface area contributed by atoms with Crippen LogP contribution in [0, 0.1) is 11.8 Å². The van der Waals surface area contributed by atoms with Gasteiger partial charge in [-0.2, -0.15) is 4.31 Å². The van der Waals surface area contributed by atoms with Crippen LogP contribution in [0.3, 0.4) is 0 Å². The Morgan fingerprint density at radius 2 is 1.98 bits per heavy atom.